The van der Waals surface area contributed by atoms with Crippen LogP contribution in [-0.4, -0.2) is 23.7 Å². The molecule has 0 aromatic heterocycles. The van der Waals surface area contributed by atoms with Crippen LogP contribution in [0.5, 0.6) is 0 Å². The largest absolute Gasteiger partial charge is 0.479 e. The first kappa shape index (κ1) is 11.5. The maximum atomic E-state index is 12.0. The quantitative estimate of drug-likeness (QED) is 0.478. The fourth-order valence-electron chi connectivity index (χ4n) is 5.53. The van der Waals surface area contributed by atoms with Crippen LogP contribution in [-0.2, 0) is 14.3 Å². The van der Waals surface area contributed by atoms with Crippen LogP contribution in [0.25, 0.3) is 0 Å². The number of hydrogen-bond acceptors (Lipinski definition) is 3. The van der Waals surface area contributed by atoms with Crippen LogP contribution in [0.3, 0.4) is 0 Å². The second kappa shape index (κ2) is 3.84. The molecule has 4 heteroatoms. The number of rotatable bonds is 3. The summed E-state index contributed by atoms with van der Waals surface area (Å²) in [6, 6.07) is 0. The number of hydrogen-bond donors (Lipinski definition) is 1. The van der Waals surface area contributed by atoms with Crippen molar-refractivity contribution in [3.05, 3.63) is 12.2 Å². The van der Waals surface area contributed by atoms with E-state index in [-0.39, 0.29) is 11.9 Å². The van der Waals surface area contributed by atoms with Gasteiger partial charge in [0.05, 0.1) is 5.92 Å². The van der Waals surface area contributed by atoms with Gasteiger partial charge < -0.3 is 9.84 Å². The average molecular weight is 262 g/mol. The number of carboxylic acids is 1. The van der Waals surface area contributed by atoms with E-state index >= 15 is 0 Å². The van der Waals surface area contributed by atoms with Crippen molar-refractivity contribution in [3.8, 4) is 0 Å². The van der Waals surface area contributed by atoms with E-state index in [1.54, 1.807) is 0 Å². The zero-order valence-electron chi connectivity index (χ0n) is 10.7. The van der Waals surface area contributed by atoms with Crippen molar-refractivity contribution in [1.29, 1.82) is 0 Å². The predicted molar refractivity (Wildman–Crippen MR) is 66.0 cm³/mol. The third-order valence-electron chi connectivity index (χ3n) is 5.91. The van der Waals surface area contributed by atoms with Crippen LogP contribution >= 0.6 is 0 Å². The third kappa shape index (κ3) is 1.52. The molecule has 7 unspecified atom stereocenters. The molecule has 3 fully saturated rings. The summed E-state index contributed by atoms with van der Waals surface area (Å²) in [5.74, 6) is 2.59. The molecule has 102 valence electrons. The number of esters is 1. The molecule has 0 aromatic rings. The van der Waals surface area contributed by atoms with E-state index in [0.29, 0.717) is 23.7 Å². The molecule has 0 radical (unpaired) electrons. The van der Waals surface area contributed by atoms with Gasteiger partial charge in [0.25, 0.3) is 0 Å². The van der Waals surface area contributed by atoms with E-state index in [1.807, 2.05) is 0 Å². The number of allylic oxidation sites excluding steroid dienone is 2. The van der Waals surface area contributed by atoms with Gasteiger partial charge in [-0.1, -0.05) is 12.2 Å². The average Bonchev–Trinajstić information content (AvgIpc) is 3.11. The Morgan fingerprint density at radius 3 is 2.58 bits per heavy atom. The molecule has 4 rings (SSSR count). The maximum Gasteiger partial charge on any atom is 0.341 e. The second-order valence-corrected chi connectivity index (χ2v) is 6.61. The molecule has 0 amide bonds. The molecule has 1 N–H and O–H groups in total. The Balaban J connectivity index is 1.49. The molecule has 0 aliphatic heterocycles. The van der Waals surface area contributed by atoms with Crippen LogP contribution in [0.15, 0.2) is 12.2 Å². The lowest BCUT2D eigenvalue weighted by Gasteiger charge is -2.35. The Labute approximate surface area is 111 Å². The van der Waals surface area contributed by atoms with E-state index in [9.17, 15) is 9.59 Å². The molecule has 3 saturated carbocycles. The van der Waals surface area contributed by atoms with E-state index in [4.69, 9.17) is 9.84 Å². The molecular weight excluding hydrogens is 244 g/mol. The van der Waals surface area contributed by atoms with Crippen molar-refractivity contribution in [1.82, 2.24) is 0 Å². The minimum Gasteiger partial charge on any atom is -0.479 e. The zero-order chi connectivity index (χ0) is 13.1. The normalized spacial score (nSPS) is 48.5. The van der Waals surface area contributed by atoms with Gasteiger partial charge in [-0.2, -0.15) is 0 Å². The highest BCUT2D eigenvalue weighted by Gasteiger charge is 2.62. The van der Waals surface area contributed by atoms with Crippen molar-refractivity contribution in [2.75, 3.05) is 6.61 Å². The number of fused-ring (bicyclic) bond motifs is 9. The smallest absolute Gasteiger partial charge is 0.341 e. The summed E-state index contributed by atoms with van der Waals surface area (Å²) in [4.78, 5) is 22.5. The minimum atomic E-state index is -1.07. The summed E-state index contributed by atoms with van der Waals surface area (Å²) < 4.78 is 4.91. The van der Waals surface area contributed by atoms with Crippen molar-refractivity contribution in [3.63, 3.8) is 0 Å². The highest BCUT2D eigenvalue weighted by molar-refractivity contribution is 5.77. The van der Waals surface area contributed by atoms with Crippen LogP contribution in [0, 0.1) is 41.4 Å². The Bertz CT molecular complexity index is 469. The van der Waals surface area contributed by atoms with Gasteiger partial charge in [-0.15, -0.1) is 0 Å². The maximum absolute atomic E-state index is 12.0. The predicted octanol–water partition coefficient (Wildman–Crippen LogP) is 1.71. The molecule has 7 atom stereocenters. The summed E-state index contributed by atoms with van der Waals surface area (Å²) in [5.41, 5.74) is 0. The first-order valence-corrected chi connectivity index (χ1v) is 7.22. The lowest BCUT2D eigenvalue weighted by atomic mass is 9.69. The molecule has 4 aliphatic rings. The number of aliphatic carboxylic acids is 1. The van der Waals surface area contributed by atoms with Crippen LogP contribution < -0.4 is 0 Å². The number of ether oxygens (including phenoxy) is 1. The van der Waals surface area contributed by atoms with E-state index < -0.39 is 12.6 Å². The monoisotopic (exact) mass is 262 g/mol. The van der Waals surface area contributed by atoms with Crippen molar-refractivity contribution in [2.45, 2.75) is 19.3 Å². The summed E-state index contributed by atoms with van der Waals surface area (Å²) in [6.07, 6.45) is 8.06. The zero-order valence-corrected chi connectivity index (χ0v) is 10.7. The first-order chi connectivity index (χ1) is 9.15. The fraction of sp³-hybridized carbons (Fsp3) is 0.733. The molecule has 4 bridgehead atoms. The van der Waals surface area contributed by atoms with Crippen LogP contribution in [0.1, 0.15) is 19.3 Å². The third-order valence-corrected chi connectivity index (χ3v) is 5.91. The number of carboxylic acid groups (broad SMARTS) is 1. The summed E-state index contributed by atoms with van der Waals surface area (Å²) in [7, 11) is 0. The molecule has 4 aliphatic carbocycles. The van der Waals surface area contributed by atoms with E-state index in [1.165, 1.54) is 6.42 Å². The number of carbonyl (C=O) groups is 2. The van der Waals surface area contributed by atoms with E-state index in [2.05, 4.69) is 12.2 Å². The van der Waals surface area contributed by atoms with Gasteiger partial charge in [0, 0.05) is 0 Å². The Morgan fingerprint density at radius 1 is 1.11 bits per heavy atom. The minimum absolute atomic E-state index is 0.0432. The van der Waals surface area contributed by atoms with Gasteiger partial charge in [-0.25, -0.2) is 4.79 Å². The van der Waals surface area contributed by atoms with Crippen molar-refractivity contribution < 1.29 is 19.4 Å². The SMILES string of the molecule is O=C(O)COC(=O)C1CC2CC1C1C3C=CC(C3)C21. The molecule has 0 spiro atoms. The van der Waals surface area contributed by atoms with Gasteiger partial charge in [-0.05, 0) is 54.8 Å². The molecule has 0 aromatic carbocycles. The Hall–Kier alpha value is -1.32. The van der Waals surface area contributed by atoms with Crippen molar-refractivity contribution in [2.24, 2.45) is 41.4 Å². The Morgan fingerprint density at radius 2 is 1.84 bits per heavy atom. The van der Waals surface area contributed by atoms with Gasteiger partial charge >= 0.3 is 11.9 Å². The van der Waals surface area contributed by atoms with E-state index in [0.717, 1.165) is 24.7 Å². The summed E-state index contributed by atoms with van der Waals surface area (Å²) in [6.45, 7) is -0.493. The van der Waals surface area contributed by atoms with Gasteiger partial charge in [0.1, 0.15) is 0 Å². The topological polar surface area (TPSA) is 63.6 Å². The van der Waals surface area contributed by atoms with Crippen LogP contribution in [0.2, 0.25) is 0 Å². The molecule has 0 saturated heterocycles. The fourth-order valence-corrected chi connectivity index (χ4v) is 5.53. The highest BCUT2D eigenvalue weighted by Crippen LogP contribution is 2.67. The molecule has 19 heavy (non-hydrogen) atoms. The van der Waals surface area contributed by atoms with Crippen molar-refractivity contribution >= 4 is 11.9 Å². The van der Waals surface area contributed by atoms with Gasteiger partial charge in [-0.3, -0.25) is 4.79 Å². The van der Waals surface area contributed by atoms with Gasteiger partial charge in [0.2, 0.25) is 0 Å². The second-order valence-electron chi connectivity index (χ2n) is 6.61. The molecule has 4 nitrogen and oxygen atoms in total. The molecule has 0 heterocycles. The first-order valence-electron chi connectivity index (χ1n) is 7.22. The van der Waals surface area contributed by atoms with Crippen LogP contribution in [0.4, 0.5) is 0 Å². The van der Waals surface area contributed by atoms with Gasteiger partial charge in [0.15, 0.2) is 6.61 Å². The Kier molecular flexibility index (Phi) is 2.32. The highest BCUT2D eigenvalue weighted by atomic mass is 16.5. The summed E-state index contributed by atoms with van der Waals surface area (Å²) in [5, 5.41) is 8.59. The lowest BCUT2D eigenvalue weighted by Crippen LogP contribution is -2.35. The number of carbonyl (C=O) groups excluding carboxylic acids is 1. The standard InChI is InChI=1S/C15H18O4/c16-12(17)6-19-15(18)11-5-9-4-10(11)14-8-2-1-7(3-8)13(9)14/h1-2,7-11,13-14H,3-6H2,(H,16,17). The lowest BCUT2D eigenvalue weighted by molar-refractivity contribution is -0.160. The summed E-state index contributed by atoms with van der Waals surface area (Å²) >= 11 is 0. The molecular formula is C15H18O4.